The molecule has 27 heavy (non-hydrogen) atoms. The SMILES string of the molecule is CC(=O)CC(C(=O)ON1CN(C)c2c1[nH]c(=O)[nH]c2=O)[N+]1([O-])CCCCC1. The van der Waals surface area contributed by atoms with Crippen LogP contribution in [0.3, 0.4) is 0 Å². The van der Waals surface area contributed by atoms with Crippen molar-refractivity contribution in [3.63, 3.8) is 0 Å². The molecule has 3 rings (SSSR count). The summed E-state index contributed by atoms with van der Waals surface area (Å²) in [5.74, 6) is -1.08. The van der Waals surface area contributed by atoms with Crippen LogP contribution in [0.1, 0.15) is 32.6 Å². The summed E-state index contributed by atoms with van der Waals surface area (Å²) in [5, 5.41) is 14.2. The minimum absolute atomic E-state index is 0.00968. The van der Waals surface area contributed by atoms with E-state index < -0.39 is 27.9 Å². The minimum Gasteiger partial charge on any atom is -0.632 e. The summed E-state index contributed by atoms with van der Waals surface area (Å²) in [5.41, 5.74) is -1.20. The highest BCUT2D eigenvalue weighted by molar-refractivity contribution is 5.85. The number of aromatic amines is 2. The lowest BCUT2D eigenvalue weighted by Gasteiger charge is -2.49. The number of piperidine rings is 1. The van der Waals surface area contributed by atoms with E-state index in [-0.39, 0.29) is 43.5 Å². The van der Waals surface area contributed by atoms with Gasteiger partial charge in [0.15, 0.2) is 11.9 Å². The van der Waals surface area contributed by atoms with Crippen LogP contribution in [-0.4, -0.2) is 59.2 Å². The van der Waals surface area contributed by atoms with Gasteiger partial charge >= 0.3 is 11.7 Å². The Bertz CT molecular complexity index is 856. The summed E-state index contributed by atoms with van der Waals surface area (Å²) < 4.78 is -0.791. The van der Waals surface area contributed by atoms with Crippen LogP contribution in [0.15, 0.2) is 9.59 Å². The fourth-order valence-electron chi connectivity index (χ4n) is 3.65. The Morgan fingerprint density at radius 3 is 2.52 bits per heavy atom. The summed E-state index contributed by atoms with van der Waals surface area (Å²) >= 11 is 0. The van der Waals surface area contributed by atoms with E-state index in [1.807, 2.05) is 0 Å². The number of hydrogen-bond acceptors (Lipinski definition) is 8. The van der Waals surface area contributed by atoms with Crippen molar-refractivity contribution in [2.75, 3.05) is 36.8 Å². The number of aromatic nitrogens is 2. The first-order valence-electron chi connectivity index (χ1n) is 8.85. The Balaban J connectivity index is 1.86. The summed E-state index contributed by atoms with van der Waals surface area (Å²) in [7, 11) is 1.60. The average molecular weight is 381 g/mol. The number of carbonyl (C=O) groups excluding carboxylic acids is 2. The van der Waals surface area contributed by atoms with E-state index in [9.17, 15) is 24.4 Å². The lowest BCUT2D eigenvalue weighted by Crippen LogP contribution is -2.58. The fourth-order valence-corrected chi connectivity index (χ4v) is 3.65. The molecule has 0 radical (unpaired) electrons. The van der Waals surface area contributed by atoms with Crippen LogP contribution in [0.25, 0.3) is 0 Å². The first-order valence-corrected chi connectivity index (χ1v) is 8.85. The van der Waals surface area contributed by atoms with Gasteiger partial charge in [-0.3, -0.25) is 19.6 Å². The molecule has 1 saturated heterocycles. The van der Waals surface area contributed by atoms with Gasteiger partial charge in [-0.25, -0.2) is 9.59 Å². The van der Waals surface area contributed by atoms with Crippen LogP contribution in [0.4, 0.5) is 11.5 Å². The van der Waals surface area contributed by atoms with Gasteiger partial charge in [0.25, 0.3) is 5.56 Å². The number of H-pyrrole nitrogens is 2. The maximum atomic E-state index is 13.1. The lowest BCUT2D eigenvalue weighted by molar-refractivity contribution is -0.901. The molecule has 1 aromatic heterocycles. The van der Waals surface area contributed by atoms with Gasteiger partial charge in [0, 0.05) is 7.05 Å². The molecule has 2 N–H and O–H groups in total. The number of nitrogens with one attached hydrogen (secondary N) is 2. The monoisotopic (exact) mass is 381 g/mol. The van der Waals surface area contributed by atoms with E-state index in [1.165, 1.54) is 11.8 Å². The molecule has 0 amide bonds. The van der Waals surface area contributed by atoms with E-state index in [0.717, 1.165) is 11.5 Å². The number of fused-ring (bicyclic) bond motifs is 1. The molecule has 1 atom stereocenters. The van der Waals surface area contributed by atoms with Crippen LogP contribution in [0.5, 0.6) is 0 Å². The van der Waals surface area contributed by atoms with Crippen molar-refractivity contribution in [3.05, 3.63) is 26.0 Å². The first kappa shape index (κ1) is 19.1. The normalized spacial score (nSPS) is 19.5. The zero-order valence-electron chi connectivity index (χ0n) is 15.3. The molecular weight excluding hydrogens is 358 g/mol. The second-order valence-corrected chi connectivity index (χ2v) is 7.12. The number of rotatable bonds is 5. The molecule has 3 heterocycles. The zero-order valence-corrected chi connectivity index (χ0v) is 15.3. The standard InChI is InChI=1S/C16H23N5O6/c1-10(22)8-11(21(26)6-4-3-5-7-21)15(24)27-20-9-19(2)12-13(20)17-16(25)18-14(12)23/h11H,3-9H2,1-2H3,(H2,17,18,23,25). The number of hydroxylamine groups is 4. The van der Waals surface area contributed by atoms with Crippen molar-refractivity contribution < 1.29 is 19.1 Å². The number of hydrogen-bond donors (Lipinski definition) is 2. The van der Waals surface area contributed by atoms with Crippen molar-refractivity contribution in [1.29, 1.82) is 0 Å². The highest BCUT2D eigenvalue weighted by Gasteiger charge is 2.41. The predicted molar refractivity (Wildman–Crippen MR) is 95.8 cm³/mol. The van der Waals surface area contributed by atoms with Gasteiger partial charge in [-0.15, -0.1) is 0 Å². The molecule has 0 aromatic carbocycles. The molecule has 11 nitrogen and oxygen atoms in total. The number of Topliss-reactive ketones (excluding diaryl/α,β-unsaturated/α-hetero) is 1. The van der Waals surface area contributed by atoms with Gasteiger partial charge in [0.05, 0.1) is 19.5 Å². The van der Waals surface area contributed by atoms with Crippen molar-refractivity contribution >= 4 is 23.3 Å². The van der Waals surface area contributed by atoms with Crippen LogP contribution < -0.4 is 21.2 Å². The van der Waals surface area contributed by atoms with Crippen LogP contribution >= 0.6 is 0 Å². The fraction of sp³-hybridized carbons (Fsp3) is 0.625. The maximum Gasteiger partial charge on any atom is 0.390 e. The number of ketones is 1. The number of anilines is 2. The first-order chi connectivity index (χ1) is 12.7. The smallest absolute Gasteiger partial charge is 0.390 e. The van der Waals surface area contributed by atoms with Crippen molar-refractivity contribution in [3.8, 4) is 0 Å². The second kappa shape index (κ2) is 7.16. The summed E-state index contributed by atoms with van der Waals surface area (Å²) in [6.07, 6.45) is 2.06. The molecule has 2 aliphatic heterocycles. The summed E-state index contributed by atoms with van der Waals surface area (Å²) in [4.78, 5) is 59.4. The zero-order chi connectivity index (χ0) is 19.8. The lowest BCUT2D eigenvalue weighted by atomic mass is 10.0. The molecule has 0 bridgehead atoms. The largest absolute Gasteiger partial charge is 0.632 e. The Morgan fingerprint density at radius 2 is 1.89 bits per heavy atom. The van der Waals surface area contributed by atoms with Crippen LogP contribution in [-0.2, 0) is 14.4 Å². The van der Waals surface area contributed by atoms with Gasteiger partial charge < -0.3 is 19.6 Å². The van der Waals surface area contributed by atoms with E-state index in [4.69, 9.17) is 4.84 Å². The number of likely N-dealkylation sites (tertiary alicyclic amines) is 1. The molecule has 148 valence electrons. The minimum atomic E-state index is -1.18. The molecular formula is C16H23N5O6. The predicted octanol–water partition coefficient (Wildman–Crippen LogP) is -0.419. The molecule has 0 spiro atoms. The second-order valence-electron chi connectivity index (χ2n) is 7.12. The van der Waals surface area contributed by atoms with Gasteiger partial charge in [0.2, 0.25) is 0 Å². The third-order valence-corrected chi connectivity index (χ3v) is 4.96. The molecule has 1 unspecified atom stereocenters. The molecule has 1 aromatic rings. The van der Waals surface area contributed by atoms with E-state index in [2.05, 4.69) is 9.97 Å². The molecule has 11 heteroatoms. The van der Waals surface area contributed by atoms with Gasteiger partial charge in [-0.05, 0) is 26.2 Å². The number of carbonyl (C=O) groups is 2. The van der Waals surface area contributed by atoms with Crippen molar-refractivity contribution in [2.24, 2.45) is 0 Å². The van der Waals surface area contributed by atoms with Gasteiger partial charge in [-0.1, -0.05) is 0 Å². The van der Waals surface area contributed by atoms with Crippen molar-refractivity contribution in [1.82, 2.24) is 9.97 Å². The summed E-state index contributed by atoms with van der Waals surface area (Å²) in [6, 6.07) is -1.18. The third-order valence-electron chi connectivity index (χ3n) is 4.96. The van der Waals surface area contributed by atoms with Gasteiger partial charge in [-0.2, -0.15) is 5.06 Å². The van der Waals surface area contributed by atoms with Gasteiger partial charge in [0.1, 0.15) is 18.1 Å². The van der Waals surface area contributed by atoms with E-state index in [0.29, 0.717) is 12.8 Å². The highest BCUT2D eigenvalue weighted by Crippen LogP contribution is 2.30. The topological polar surface area (TPSA) is 139 Å². The number of quaternary nitrogens is 1. The maximum absolute atomic E-state index is 13.1. The number of nitrogens with zero attached hydrogens (tertiary/aromatic N) is 3. The molecule has 0 aliphatic carbocycles. The van der Waals surface area contributed by atoms with E-state index >= 15 is 0 Å². The molecule has 1 fully saturated rings. The Labute approximate surface area is 154 Å². The average Bonchev–Trinajstić information content (AvgIpc) is 2.88. The van der Waals surface area contributed by atoms with Crippen LogP contribution in [0, 0.1) is 5.21 Å². The molecule has 0 saturated carbocycles. The highest BCUT2D eigenvalue weighted by atomic mass is 16.7. The quantitative estimate of drug-likeness (QED) is 0.518. The third kappa shape index (κ3) is 3.74. The van der Waals surface area contributed by atoms with Crippen LogP contribution in [0.2, 0.25) is 0 Å². The molecule has 2 aliphatic rings. The Kier molecular flexibility index (Phi) is 5.07. The van der Waals surface area contributed by atoms with Crippen molar-refractivity contribution in [2.45, 2.75) is 38.6 Å². The van der Waals surface area contributed by atoms with E-state index in [1.54, 1.807) is 7.05 Å². The Morgan fingerprint density at radius 1 is 1.22 bits per heavy atom. The summed E-state index contributed by atoms with van der Waals surface area (Å²) in [6.45, 7) is 1.84. The Hall–Kier alpha value is -2.66.